The molecule has 1 unspecified atom stereocenters. The SMILES string of the molecule is Cc1cccc(C(=O)NC(C)C(=O)NCC(c2ccccc2)c2ccccc2)c1. The highest BCUT2D eigenvalue weighted by atomic mass is 16.2. The second kappa shape index (κ2) is 9.69. The van der Waals surface area contributed by atoms with Gasteiger partial charge in [-0.25, -0.2) is 0 Å². The largest absolute Gasteiger partial charge is 0.353 e. The monoisotopic (exact) mass is 386 g/mol. The van der Waals surface area contributed by atoms with Crippen LogP contribution in [-0.4, -0.2) is 24.4 Å². The molecule has 0 heterocycles. The van der Waals surface area contributed by atoms with Gasteiger partial charge in [-0.15, -0.1) is 0 Å². The molecule has 0 radical (unpaired) electrons. The van der Waals surface area contributed by atoms with E-state index in [9.17, 15) is 9.59 Å². The lowest BCUT2D eigenvalue weighted by atomic mass is 9.91. The lowest BCUT2D eigenvalue weighted by Gasteiger charge is -2.21. The Kier molecular flexibility index (Phi) is 6.80. The molecule has 148 valence electrons. The lowest BCUT2D eigenvalue weighted by Crippen LogP contribution is -2.45. The fourth-order valence-corrected chi connectivity index (χ4v) is 3.29. The van der Waals surface area contributed by atoms with E-state index in [-0.39, 0.29) is 17.7 Å². The number of carbonyl (C=O) groups excluding carboxylic acids is 2. The quantitative estimate of drug-likeness (QED) is 0.643. The predicted molar refractivity (Wildman–Crippen MR) is 116 cm³/mol. The summed E-state index contributed by atoms with van der Waals surface area (Å²) < 4.78 is 0. The molecular weight excluding hydrogens is 360 g/mol. The summed E-state index contributed by atoms with van der Waals surface area (Å²) in [5.74, 6) is -0.414. The number of aryl methyl sites for hydroxylation is 1. The molecule has 3 rings (SSSR count). The first kappa shape index (κ1) is 20.3. The minimum atomic E-state index is -0.629. The van der Waals surface area contributed by atoms with Crippen LogP contribution in [0.15, 0.2) is 84.9 Å². The smallest absolute Gasteiger partial charge is 0.251 e. The molecule has 2 amide bonds. The van der Waals surface area contributed by atoms with E-state index < -0.39 is 6.04 Å². The van der Waals surface area contributed by atoms with Crippen LogP contribution in [0.3, 0.4) is 0 Å². The van der Waals surface area contributed by atoms with Crippen LogP contribution < -0.4 is 10.6 Å². The number of rotatable bonds is 7. The first-order chi connectivity index (χ1) is 14.0. The number of hydrogen-bond acceptors (Lipinski definition) is 2. The van der Waals surface area contributed by atoms with Crippen molar-refractivity contribution in [1.82, 2.24) is 10.6 Å². The summed E-state index contributed by atoms with van der Waals surface area (Å²) >= 11 is 0. The average molecular weight is 386 g/mol. The Balaban J connectivity index is 1.64. The zero-order valence-corrected chi connectivity index (χ0v) is 16.8. The third-order valence-corrected chi connectivity index (χ3v) is 4.91. The number of benzene rings is 3. The van der Waals surface area contributed by atoms with Gasteiger partial charge in [0.05, 0.1) is 0 Å². The molecule has 1 atom stereocenters. The Labute approximate surface area is 172 Å². The van der Waals surface area contributed by atoms with Crippen molar-refractivity contribution in [1.29, 1.82) is 0 Å². The van der Waals surface area contributed by atoms with Crippen LogP contribution >= 0.6 is 0 Å². The summed E-state index contributed by atoms with van der Waals surface area (Å²) in [6.07, 6.45) is 0. The van der Waals surface area contributed by atoms with Gasteiger partial charge in [0.15, 0.2) is 0 Å². The van der Waals surface area contributed by atoms with Gasteiger partial charge < -0.3 is 10.6 Å². The molecule has 0 aliphatic carbocycles. The minimum absolute atomic E-state index is 0.0426. The van der Waals surface area contributed by atoms with Crippen LogP contribution in [0, 0.1) is 6.92 Å². The number of amides is 2. The molecule has 0 spiro atoms. The number of nitrogens with one attached hydrogen (secondary N) is 2. The zero-order valence-electron chi connectivity index (χ0n) is 16.8. The summed E-state index contributed by atoms with van der Waals surface area (Å²) in [4.78, 5) is 25.0. The summed E-state index contributed by atoms with van der Waals surface area (Å²) in [6.45, 7) is 4.08. The van der Waals surface area contributed by atoms with Gasteiger partial charge in [0.1, 0.15) is 6.04 Å². The predicted octanol–water partition coefficient (Wildman–Crippen LogP) is 4.06. The third-order valence-electron chi connectivity index (χ3n) is 4.91. The molecule has 4 heteroatoms. The van der Waals surface area contributed by atoms with Crippen molar-refractivity contribution in [3.05, 3.63) is 107 Å². The standard InChI is InChI=1S/C25H26N2O2/c1-18-10-9-15-22(16-18)25(29)27-19(2)24(28)26-17-23(20-11-5-3-6-12-20)21-13-7-4-8-14-21/h3-16,19,23H,17H2,1-2H3,(H,26,28)(H,27,29). The van der Waals surface area contributed by atoms with Crippen molar-refractivity contribution in [2.75, 3.05) is 6.54 Å². The Morgan fingerprint density at radius 1 is 0.828 bits per heavy atom. The molecule has 4 nitrogen and oxygen atoms in total. The van der Waals surface area contributed by atoms with Crippen molar-refractivity contribution >= 4 is 11.8 Å². The summed E-state index contributed by atoms with van der Waals surface area (Å²) in [7, 11) is 0. The molecule has 0 saturated heterocycles. The third kappa shape index (κ3) is 5.55. The van der Waals surface area contributed by atoms with Crippen LogP contribution in [-0.2, 0) is 4.79 Å². The molecule has 0 aliphatic rings. The Hall–Kier alpha value is -3.40. The first-order valence-corrected chi connectivity index (χ1v) is 9.79. The van der Waals surface area contributed by atoms with Gasteiger partial charge in [-0.05, 0) is 37.1 Å². The van der Waals surface area contributed by atoms with Crippen LogP contribution in [0.25, 0.3) is 0 Å². The fraction of sp³-hybridized carbons (Fsp3) is 0.200. The van der Waals surface area contributed by atoms with E-state index >= 15 is 0 Å². The zero-order chi connectivity index (χ0) is 20.6. The van der Waals surface area contributed by atoms with Gasteiger partial charge in [-0.2, -0.15) is 0 Å². The van der Waals surface area contributed by atoms with E-state index in [2.05, 4.69) is 34.9 Å². The van der Waals surface area contributed by atoms with Gasteiger partial charge in [-0.1, -0.05) is 78.4 Å². The lowest BCUT2D eigenvalue weighted by molar-refractivity contribution is -0.122. The van der Waals surface area contributed by atoms with Gasteiger partial charge >= 0.3 is 0 Å². The summed E-state index contributed by atoms with van der Waals surface area (Å²) in [5, 5.41) is 5.77. The summed E-state index contributed by atoms with van der Waals surface area (Å²) in [6, 6.07) is 26.9. The summed E-state index contributed by atoms with van der Waals surface area (Å²) in [5.41, 5.74) is 3.82. The maximum atomic E-state index is 12.6. The van der Waals surface area contributed by atoms with Gasteiger partial charge in [0.25, 0.3) is 5.91 Å². The number of carbonyl (C=O) groups is 2. The average Bonchev–Trinajstić information content (AvgIpc) is 2.75. The molecule has 0 fully saturated rings. The molecular formula is C25H26N2O2. The van der Waals surface area contributed by atoms with E-state index in [0.29, 0.717) is 12.1 Å². The topological polar surface area (TPSA) is 58.2 Å². The normalized spacial score (nSPS) is 11.7. The maximum absolute atomic E-state index is 12.6. The molecule has 3 aromatic carbocycles. The van der Waals surface area contributed by atoms with Gasteiger partial charge in [0.2, 0.25) is 5.91 Å². The van der Waals surface area contributed by atoms with E-state index in [1.165, 1.54) is 0 Å². The molecule has 3 aromatic rings. The Morgan fingerprint density at radius 2 is 1.41 bits per heavy atom. The molecule has 0 bridgehead atoms. The van der Waals surface area contributed by atoms with Gasteiger partial charge in [0, 0.05) is 18.0 Å². The minimum Gasteiger partial charge on any atom is -0.353 e. The van der Waals surface area contributed by atoms with Crippen LogP contribution in [0.2, 0.25) is 0 Å². The van der Waals surface area contributed by atoms with Crippen molar-refractivity contribution in [2.45, 2.75) is 25.8 Å². The van der Waals surface area contributed by atoms with Crippen LogP contribution in [0.4, 0.5) is 0 Å². The second-order valence-electron chi connectivity index (χ2n) is 7.18. The number of hydrogen-bond donors (Lipinski definition) is 2. The van der Waals surface area contributed by atoms with Crippen molar-refractivity contribution < 1.29 is 9.59 Å². The van der Waals surface area contributed by atoms with Crippen LogP contribution in [0.1, 0.15) is 39.9 Å². The molecule has 0 saturated carbocycles. The van der Waals surface area contributed by atoms with Gasteiger partial charge in [-0.3, -0.25) is 9.59 Å². The molecule has 2 N–H and O–H groups in total. The van der Waals surface area contributed by atoms with E-state index in [0.717, 1.165) is 16.7 Å². The highest BCUT2D eigenvalue weighted by molar-refractivity contribution is 5.97. The fourth-order valence-electron chi connectivity index (χ4n) is 3.29. The first-order valence-electron chi connectivity index (χ1n) is 9.79. The highest BCUT2D eigenvalue weighted by Crippen LogP contribution is 2.23. The molecule has 0 aromatic heterocycles. The van der Waals surface area contributed by atoms with E-state index in [4.69, 9.17) is 0 Å². The van der Waals surface area contributed by atoms with Crippen molar-refractivity contribution in [2.24, 2.45) is 0 Å². The maximum Gasteiger partial charge on any atom is 0.251 e. The van der Waals surface area contributed by atoms with Crippen molar-refractivity contribution in [3.63, 3.8) is 0 Å². The Morgan fingerprint density at radius 3 is 1.97 bits per heavy atom. The van der Waals surface area contributed by atoms with E-state index in [1.54, 1.807) is 19.1 Å². The van der Waals surface area contributed by atoms with Crippen LogP contribution in [0.5, 0.6) is 0 Å². The Bertz CT molecular complexity index is 915. The van der Waals surface area contributed by atoms with E-state index in [1.807, 2.05) is 55.5 Å². The molecule has 29 heavy (non-hydrogen) atoms. The molecule has 0 aliphatic heterocycles. The van der Waals surface area contributed by atoms with Crippen molar-refractivity contribution in [3.8, 4) is 0 Å². The highest BCUT2D eigenvalue weighted by Gasteiger charge is 2.19. The second-order valence-corrected chi connectivity index (χ2v) is 7.18.